The predicted octanol–water partition coefficient (Wildman–Crippen LogP) is 4.52. The Balaban J connectivity index is 2.24. The van der Waals surface area contributed by atoms with Gasteiger partial charge in [-0.15, -0.1) is 11.8 Å². The average Bonchev–Trinajstić information content (AvgIpc) is 2.96. The molecule has 22 heavy (non-hydrogen) atoms. The highest BCUT2D eigenvalue weighted by Gasteiger charge is 2.13. The fraction of sp³-hybridized carbons (Fsp3) is 0.733. The van der Waals surface area contributed by atoms with Crippen LogP contribution in [0.1, 0.15) is 52.5 Å². The quantitative estimate of drug-likeness (QED) is 0.441. The van der Waals surface area contributed by atoms with E-state index in [1.807, 2.05) is 0 Å². The van der Waals surface area contributed by atoms with E-state index in [0.717, 1.165) is 25.7 Å². The van der Waals surface area contributed by atoms with Gasteiger partial charge < -0.3 is 4.74 Å². The number of alkyl halides is 2. The Morgan fingerprint density at radius 2 is 2.23 bits per heavy atom. The SMILES string of the molecule is CCCCC(CC)COC(=O)CCSc1ccnn1C(F)F. The monoisotopic (exact) mass is 334 g/mol. The second kappa shape index (κ2) is 10.6. The molecule has 1 atom stereocenters. The van der Waals surface area contributed by atoms with Gasteiger partial charge in [-0.1, -0.05) is 33.1 Å². The van der Waals surface area contributed by atoms with Gasteiger partial charge in [0.2, 0.25) is 0 Å². The minimum absolute atomic E-state index is 0.212. The zero-order valence-corrected chi connectivity index (χ0v) is 14.0. The van der Waals surface area contributed by atoms with E-state index in [4.69, 9.17) is 4.74 Å². The molecule has 0 amide bonds. The van der Waals surface area contributed by atoms with Gasteiger partial charge in [-0.25, -0.2) is 0 Å². The zero-order chi connectivity index (χ0) is 16.4. The average molecular weight is 334 g/mol. The summed E-state index contributed by atoms with van der Waals surface area (Å²) in [4.78, 5) is 11.7. The maximum Gasteiger partial charge on any atom is 0.334 e. The Morgan fingerprint density at radius 3 is 2.86 bits per heavy atom. The largest absolute Gasteiger partial charge is 0.465 e. The van der Waals surface area contributed by atoms with Crippen LogP contribution in [-0.4, -0.2) is 28.1 Å². The Kier molecular flexibility index (Phi) is 9.11. The predicted molar refractivity (Wildman–Crippen MR) is 83.1 cm³/mol. The molecule has 0 N–H and O–H groups in total. The molecule has 0 radical (unpaired) electrons. The van der Waals surface area contributed by atoms with Crippen LogP contribution < -0.4 is 0 Å². The molecule has 126 valence electrons. The van der Waals surface area contributed by atoms with Crippen LogP contribution in [0, 0.1) is 5.92 Å². The van der Waals surface area contributed by atoms with Crippen molar-refractivity contribution in [1.29, 1.82) is 0 Å². The molecule has 0 saturated carbocycles. The van der Waals surface area contributed by atoms with E-state index in [2.05, 4.69) is 18.9 Å². The molecule has 1 aromatic heterocycles. The van der Waals surface area contributed by atoms with Crippen LogP contribution in [-0.2, 0) is 9.53 Å². The standard InChI is InChI=1S/C15H24F2N2O2S/c1-3-5-6-12(4-2)11-21-14(20)8-10-22-13-7-9-18-19(13)15(16)17/h7,9,12,15H,3-6,8,10-11H2,1-2H3. The third-order valence-electron chi connectivity index (χ3n) is 3.40. The van der Waals surface area contributed by atoms with Crippen molar-refractivity contribution in [2.45, 2.75) is 57.5 Å². The van der Waals surface area contributed by atoms with Gasteiger partial charge in [-0.05, 0) is 18.4 Å². The molecule has 0 aliphatic heterocycles. The molecule has 0 aromatic carbocycles. The number of thioether (sulfide) groups is 1. The van der Waals surface area contributed by atoms with Crippen LogP contribution in [0.3, 0.4) is 0 Å². The van der Waals surface area contributed by atoms with E-state index in [0.29, 0.717) is 28.0 Å². The maximum atomic E-state index is 12.6. The summed E-state index contributed by atoms with van der Waals surface area (Å²) in [6.07, 6.45) is 5.89. The highest BCUT2D eigenvalue weighted by Crippen LogP contribution is 2.23. The molecule has 0 saturated heterocycles. The van der Waals surface area contributed by atoms with Crippen LogP contribution in [0.4, 0.5) is 8.78 Å². The van der Waals surface area contributed by atoms with E-state index in [1.54, 1.807) is 0 Å². The number of hydrogen-bond acceptors (Lipinski definition) is 4. The van der Waals surface area contributed by atoms with E-state index in [9.17, 15) is 13.6 Å². The number of halogens is 2. The molecular weight excluding hydrogens is 310 g/mol. The normalized spacial score (nSPS) is 12.6. The van der Waals surface area contributed by atoms with Gasteiger partial charge >= 0.3 is 12.5 Å². The Morgan fingerprint density at radius 1 is 1.45 bits per heavy atom. The zero-order valence-electron chi connectivity index (χ0n) is 13.1. The van der Waals surface area contributed by atoms with E-state index in [1.165, 1.54) is 24.0 Å². The van der Waals surface area contributed by atoms with Gasteiger partial charge in [-0.2, -0.15) is 18.6 Å². The van der Waals surface area contributed by atoms with Crippen molar-refractivity contribution in [2.75, 3.05) is 12.4 Å². The lowest BCUT2D eigenvalue weighted by Gasteiger charge is -2.14. The molecule has 7 heteroatoms. The first-order valence-corrected chi connectivity index (χ1v) is 8.67. The highest BCUT2D eigenvalue weighted by molar-refractivity contribution is 7.99. The summed E-state index contributed by atoms with van der Waals surface area (Å²) in [6, 6.07) is 1.51. The maximum absolute atomic E-state index is 12.6. The van der Waals surface area contributed by atoms with Crippen molar-refractivity contribution in [1.82, 2.24) is 9.78 Å². The Hall–Kier alpha value is -1.11. The summed E-state index contributed by atoms with van der Waals surface area (Å²) in [5, 5.41) is 3.90. The summed E-state index contributed by atoms with van der Waals surface area (Å²) < 4.78 is 31.1. The molecule has 0 aliphatic rings. The van der Waals surface area contributed by atoms with Gasteiger partial charge in [0.05, 0.1) is 19.2 Å². The first-order chi connectivity index (χ1) is 10.6. The number of carbonyl (C=O) groups is 1. The first kappa shape index (κ1) is 18.9. The van der Waals surface area contributed by atoms with Gasteiger partial charge in [0, 0.05) is 5.75 Å². The van der Waals surface area contributed by atoms with Crippen molar-refractivity contribution in [3.63, 3.8) is 0 Å². The summed E-state index contributed by atoms with van der Waals surface area (Å²) in [5.74, 6) is 0.547. The molecule has 0 bridgehead atoms. The van der Waals surface area contributed by atoms with Crippen LogP contribution >= 0.6 is 11.8 Å². The molecular formula is C15H24F2N2O2S. The summed E-state index contributed by atoms with van der Waals surface area (Å²) >= 11 is 1.18. The summed E-state index contributed by atoms with van der Waals surface area (Å²) in [5.41, 5.74) is 0. The molecule has 0 aliphatic carbocycles. The molecule has 1 heterocycles. The molecule has 1 unspecified atom stereocenters. The van der Waals surface area contributed by atoms with Crippen molar-refractivity contribution in [3.05, 3.63) is 12.3 Å². The van der Waals surface area contributed by atoms with E-state index >= 15 is 0 Å². The van der Waals surface area contributed by atoms with E-state index < -0.39 is 6.55 Å². The molecule has 0 spiro atoms. The van der Waals surface area contributed by atoms with Crippen molar-refractivity contribution < 1.29 is 18.3 Å². The van der Waals surface area contributed by atoms with Gasteiger partial charge in [0.15, 0.2) is 0 Å². The number of hydrogen-bond donors (Lipinski definition) is 0. The number of ether oxygens (including phenoxy) is 1. The number of aromatic nitrogens is 2. The highest BCUT2D eigenvalue weighted by atomic mass is 32.2. The number of unbranched alkanes of at least 4 members (excludes halogenated alkanes) is 1. The first-order valence-electron chi connectivity index (χ1n) is 7.68. The topological polar surface area (TPSA) is 44.1 Å². The molecule has 1 rings (SSSR count). The van der Waals surface area contributed by atoms with Crippen LogP contribution in [0.15, 0.2) is 17.3 Å². The van der Waals surface area contributed by atoms with Crippen LogP contribution in [0.5, 0.6) is 0 Å². The third-order valence-corrected chi connectivity index (χ3v) is 4.43. The van der Waals surface area contributed by atoms with Crippen molar-refractivity contribution >= 4 is 17.7 Å². The smallest absolute Gasteiger partial charge is 0.334 e. The summed E-state index contributed by atoms with van der Waals surface area (Å²) in [7, 11) is 0. The lowest BCUT2D eigenvalue weighted by molar-refractivity contribution is -0.144. The van der Waals surface area contributed by atoms with Crippen molar-refractivity contribution in [2.24, 2.45) is 5.92 Å². The van der Waals surface area contributed by atoms with Crippen LogP contribution in [0.2, 0.25) is 0 Å². The van der Waals surface area contributed by atoms with E-state index in [-0.39, 0.29) is 12.4 Å². The third kappa shape index (κ3) is 6.77. The van der Waals surface area contributed by atoms with Crippen LogP contribution in [0.25, 0.3) is 0 Å². The second-order valence-electron chi connectivity index (χ2n) is 5.09. The van der Waals surface area contributed by atoms with Crippen molar-refractivity contribution in [3.8, 4) is 0 Å². The summed E-state index contributed by atoms with van der Waals surface area (Å²) in [6.45, 7) is 2.03. The van der Waals surface area contributed by atoms with Gasteiger partial charge in [0.1, 0.15) is 5.03 Å². The fourth-order valence-electron chi connectivity index (χ4n) is 1.98. The Labute approximate surface area is 134 Å². The number of nitrogens with zero attached hydrogens (tertiary/aromatic N) is 2. The molecule has 1 aromatic rings. The number of rotatable bonds is 11. The fourth-order valence-corrected chi connectivity index (χ4v) is 2.88. The number of esters is 1. The minimum Gasteiger partial charge on any atom is -0.465 e. The molecule has 4 nitrogen and oxygen atoms in total. The molecule has 0 fully saturated rings. The number of carbonyl (C=O) groups excluding carboxylic acids is 1. The Bertz CT molecular complexity index is 441. The van der Waals surface area contributed by atoms with Gasteiger partial charge in [-0.3, -0.25) is 4.79 Å². The minimum atomic E-state index is -2.66. The van der Waals surface area contributed by atoms with Gasteiger partial charge in [0.25, 0.3) is 0 Å². The second-order valence-corrected chi connectivity index (χ2v) is 6.20. The lowest BCUT2D eigenvalue weighted by Crippen LogP contribution is -2.14. The lowest BCUT2D eigenvalue weighted by atomic mass is 10.0.